The highest BCUT2D eigenvalue weighted by Crippen LogP contribution is 2.45. The molecule has 0 atom stereocenters. The molecule has 0 aliphatic heterocycles. The predicted octanol–water partition coefficient (Wildman–Crippen LogP) is 3.56. The fourth-order valence-electron chi connectivity index (χ4n) is 2.21. The molecule has 0 fully saturated rings. The molecule has 0 spiro atoms. The molecule has 28 heavy (non-hydrogen) atoms. The van der Waals surface area contributed by atoms with Crippen LogP contribution in [0.3, 0.4) is 0 Å². The molecule has 146 valence electrons. The number of hydrogen-bond acceptors (Lipinski definition) is 8. The number of nitro groups is 2. The van der Waals surface area contributed by atoms with Crippen LogP contribution in [0.15, 0.2) is 46.2 Å². The summed E-state index contributed by atoms with van der Waals surface area (Å²) in [7, 11) is 1.83. The van der Waals surface area contributed by atoms with Gasteiger partial charge in [-0.05, 0) is 44.8 Å². The molecule has 0 saturated heterocycles. The van der Waals surface area contributed by atoms with Gasteiger partial charge in [0.25, 0.3) is 11.4 Å². The van der Waals surface area contributed by atoms with E-state index in [4.69, 9.17) is 10.2 Å². The van der Waals surface area contributed by atoms with Crippen molar-refractivity contribution in [2.75, 3.05) is 0 Å². The molecule has 2 aromatic carbocycles. The molecule has 10 nitrogen and oxygen atoms in total. The summed E-state index contributed by atoms with van der Waals surface area (Å²) in [4.78, 5) is 43.1. The Balaban J connectivity index is 2.27. The third-order valence-corrected chi connectivity index (χ3v) is 5.83. The molecule has 0 aromatic heterocycles. The first-order chi connectivity index (χ1) is 13.2. The van der Waals surface area contributed by atoms with Gasteiger partial charge in [0.05, 0.1) is 32.5 Å². The molecule has 2 rings (SSSR count). The van der Waals surface area contributed by atoms with Crippen molar-refractivity contribution in [2.24, 2.45) is 0 Å². The molecule has 2 N–H and O–H groups in total. The van der Waals surface area contributed by atoms with E-state index in [0.29, 0.717) is 0 Å². The molecule has 2 aromatic rings. The quantitative estimate of drug-likeness (QED) is 0.346. The number of hydrogen-bond donors (Lipinski definition) is 2. The van der Waals surface area contributed by atoms with E-state index in [-0.39, 0.29) is 45.1 Å². The summed E-state index contributed by atoms with van der Waals surface area (Å²) in [6.45, 7) is 0. The molecule has 0 heterocycles. The van der Waals surface area contributed by atoms with E-state index in [1.54, 1.807) is 0 Å². The second kappa shape index (κ2) is 9.19. The largest absolute Gasteiger partial charge is 0.481 e. The van der Waals surface area contributed by atoms with Crippen LogP contribution in [0.1, 0.15) is 11.1 Å². The van der Waals surface area contributed by atoms with Crippen molar-refractivity contribution in [3.8, 4) is 0 Å². The summed E-state index contributed by atoms with van der Waals surface area (Å²) in [5.74, 6) is -2.25. The third-order valence-electron chi connectivity index (χ3n) is 3.37. The van der Waals surface area contributed by atoms with Crippen molar-refractivity contribution >= 4 is 44.9 Å². The Kier molecular flexibility index (Phi) is 6.95. The standard InChI is InChI=1S/C16H12N2O8S2/c19-15(20)7-9-1-3-13(11(5-9)17(23)24)27-28-14-4-2-10(8-16(21)22)6-12(14)18(25)26/h1-6H,7-8H2,(H,19,20)(H,21,22). The topological polar surface area (TPSA) is 161 Å². The molecular weight excluding hydrogens is 412 g/mol. The molecule has 0 amide bonds. The van der Waals surface area contributed by atoms with Gasteiger partial charge in [-0.15, -0.1) is 0 Å². The van der Waals surface area contributed by atoms with Crippen molar-refractivity contribution in [2.45, 2.75) is 22.6 Å². The Morgan fingerprint density at radius 2 is 1.14 bits per heavy atom. The number of aliphatic carboxylic acids is 2. The highest BCUT2D eigenvalue weighted by atomic mass is 33.1. The highest BCUT2D eigenvalue weighted by Gasteiger charge is 2.20. The minimum Gasteiger partial charge on any atom is -0.481 e. The average Bonchev–Trinajstić information content (AvgIpc) is 2.60. The van der Waals surface area contributed by atoms with Crippen LogP contribution in [-0.4, -0.2) is 32.0 Å². The smallest absolute Gasteiger partial charge is 0.307 e. The summed E-state index contributed by atoms with van der Waals surface area (Å²) in [6, 6.07) is 7.96. The Hall–Kier alpha value is -3.12. The van der Waals surface area contributed by atoms with Crippen molar-refractivity contribution < 1.29 is 29.6 Å². The second-order valence-electron chi connectivity index (χ2n) is 5.43. The van der Waals surface area contributed by atoms with Gasteiger partial charge in [-0.3, -0.25) is 29.8 Å². The number of nitro benzene ring substituents is 2. The van der Waals surface area contributed by atoms with Crippen molar-refractivity contribution in [3.05, 3.63) is 67.8 Å². The number of carbonyl (C=O) groups is 2. The van der Waals surface area contributed by atoms with E-state index in [2.05, 4.69) is 0 Å². The number of rotatable bonds is 9. The van der Waals surface area contributed by atoms with Gasteiger partial charge in [0.15, 0.2) is 0 Å². The summed E-state index contributed by atoms with van der Waals surface area (Å²) in [5.41, 5.74) is -0.0853. The van der Waals surface area contributed by atoms with Gasteiger partial charge >= 0.3 is 11.9 Å². The fraction of sp³-hybridized carbons (Fsp3) is 0.125. The Morgan fingerprint density at radius 1 is 0.786 bits per heavy atom. The number of carboxylic acids is 2. The average molecular weight is 424 g/mol. The van der Waals surface area contributed by atoms with E-state index < -0.39 is 21.8 Å². The Morgan fingerprint density at radius 3 is 1.43 bits per heavy atom. The minimum atomic E-state index is -1.12. The van der Waals surface area contributed by atoms with Crippen molar-refractivity contribution in [1.29, 1.82) is 0 Å². The van der Waals surface area contributed by atoms with E-state index in [0.717, 1.165) is 33.7 Å². The van der Waals surface area contributed by atoms with Crippen molar-refractivity contribution in [1.82, 2.24) is 0 Å². The van der Waals surface area contributed by atoms with Crippen LogP contribution in [0.4, 0.5) is 11.4 Å². The normalized spacial score (nSPS) is 10.4. The Labute approximate surface area is 165 Å². The van der Waals surface area contributed by atoms with Crippen LogP contribution in [0, 0.1) is 20.2 Å². The second-order valence-corrected chi connectivity index (χ2v) is 7.64. The van der Waals surface area contributed by atoms with Gasteiger partial charge in [-0.2, -0.15) is 0 Å². The molecule has 0 aliphatic rings. The lowest BCUT2D eigenvalue weighted by Gasteiger charge is -2.06. The number of carboxylic acid groups (broad SMARTS) is 2. The lowest BCUT2D eigenvalue weighted by Crippen LogP contribution is -2.01. The Bertz CT molecular complexity index is 886. The van der Waals surface area contributed by atoms with Crippen LogP contribution in [0.2, 0.25) is 0 Å². The zero-order chi connectivity index (χ0) is 20.8. The maximum absolute atomic E-state index is 11.3. The summed E-state index contributed by atoms with van der Waals surface area (Å²) < 4.78 is 0. The molecule has 0 aliphatic carbocycles. The number of nitrogens with zero attached hydrogens (tertiary/aromatic N) is 2. The van der Waals surface area contributed by atoms with Gasteiger partial charge < -0.3 is 10.2 Å². The minimum absolute atomic E-state index is 0.202. The van der Waals surface area contributed by atoms with Crippen LogP contribution in [0.25, 0.3) is 0 Å². The lowest BCUT2D eigenvalue weighted by atomic mass is 10.1. The van der Waals surface area contributed by atoms with Gasteiger partial charge in [0.1, 0.15) is 0 Å². The summed E-state index contributed by atoms with van der Waals surface area (Å²) in [5, 5.41) is 40.1. The zero-order valence-electron chi connectivity index (χ0n) is 13.9. The molecule has 12 heteroatoms. The summed E-state index contributed by atoms with van der Waals surface area (Å²) >= 11 is 0. The maximum atomic E-state index is 11.3. The number of benzene rings is 2. The first kappa shape index (κ1) is 21.2. The molecule has 0 bridgehead atoms. The first-order valence-corrected chi connectivity index (χ1v) is 9.65. The maximum Gasteiger partial charge on any atom is 0.307 e. The zero-order valence-corrected chi connectivity index (χ0v) is 15.6. The van der Waals surface area contributed by atoms with Crippen LogP contribution in [0.5, 0.6) is 0 Å². The third kappa shape index (κ3) is 5.69. The monoisotopic (exact) mass is 424 g/mol. The molecule has 0 unspecified atom stereocenters. The molecule has 0 saturated carbocycles. The first-order valence-electron chi connectivity index (χ1n) is 7.50. The van der Waals surface area contributed by atoms with Crippen molar-refractivity contribution in [3.63, 3.8) is 0 Å². The van der Waals surface area contributed by atoms with Gasteiger partial charge in [-0.25, -0.2) is 0 Å². The predicted molar refractivity (Wildman–Crippen MR) is 101 cm³/mol. The highest BCUT2D eigenvalue weighted by molar-refractivity contribution is 8.76. The van der Waals surface area contributed by atoms with Gasteiger partial charge in [0.2, 0.25) is 0 Å². The van der Waals surface area contributed by atoms with Crippen LogP contribution < -0.4 is 0 Å². The fourth-order valence-corrected chi connectivity index (χ4v) is 4.46. The molecular formula is C16H12N2O8S2. The van der Waals surface area contributed by atoms with E-state index in [1.165, 1.54) is 24.3 Å². The van der Waals surface area contributed by atoms with Gasteiger partial charge in [0, 0.05) is 12.1 Å². The lowest BCUT2D eigenvalue weighted by molar-refractivity contribution is -0.388. The van der Waals surface area contributed by atoms with Crippen LogP contribution in [-0.2, 0) is 22.4 Å². The summed E-state index contributed by atoms with van der Waals surface area (Å²) in [6.07, 6.45) is -0.731. The van der Waals surface area contributed by atoms with Gasteiger partial charge in [-0.1, -0.05) is 12.1 Å². The van der Waals surface area contributed by atoms with Crippen LogP contribution >= 0.6 is 21.6 Å². The van der Waals surface area contributed by atoms with E-state index in [9.17, 15) is 29.8 Å². The van der Waals surface area contributed by atoms with E-state index >= 15 is 0 Å². The SMILES string of the molecule is O=C(O)Cc1ccc(SSc2ccc(CC(=O)O)cc2[N+](=O)[O-])c([N+](=O)[O-])c1. The van der Waals surface area contributed by atoms with E-state index in [1.807, 2.05) is 0 Å². The molecule has 0 radical (unpaired) electrons.